The Labute approximate surface area is 128 Å². The maximum atomic E-state index is 13.3. The molecular formula is C12H13F2IN2O3. The monoisotopic (exact) mass is 398 g/mol. The SMILES string of the molecule is CC(CN(C)C(=O)Nc1cc(F)c(I)c(F)c1)C(=O)O. The van der Waals surface area contributed by atoms with Crippen molar-refractivity contribution >= 4 is 40.3 Å². The first-order chi connectivity index (χ1) is 9.22. The molecule has 0 spiro atoms. The molecule has 0 aliphatic carbocycles. The summed E-state index contributed by atoms with van der Waals surface area (Å²) in [5, 5.41) is 11.1. The van der Waals surface area contributed by atoms with Crippen molar-refractivity contribution in [1.29, 1.82) is 0 Å². The summed E-state index contributed by atoms with van der Waals surface area (Å²) in [6.07, 6.45) is 0. The Bertz CT molecular complexity index is 516. The average molecular weight is 398 g/mol. The molecule has 8 heteroatoms. The third-order valence-electron chi connectivity index (χ3n) is 2.55. The number of anilines is 1. The Balaban J connectivity index is 2.73. The summed E-state index contributed by atoms with van der Waals surface area (Å²) >= 11 is 1.52. The predicted molar refractivity (Wildman–Crippen MR) is 77.5 cm³/mol. The van der Waals surface area contributed by atoms with Gasteiger partial charge in [0.25, 0.3) is 0 Å². The smallest absolute Gasteiger partial charge is 0.321 e. The highest BCUT2D eigenvalue weighted by Crippen LogP contribution is 2.20. The second-order valence-corrected chi connectivity index (χ2v) is 5.38. The van der Waals surface area contributed by atoms with Crippen LogP contribution in [0.3, 0.4) is 0 Å². The van der Waals surface area contributed by atoms with Gasteiger partial charge in [-0.1, -0.05) is 6.92 Å². The summed E-state index contributed by atoms with van der Waals surface area (Å²) in [7, 11) is 1.40. The Morgan fingerprint density at radius 2 is 1.90 bits per heavy atom. The highest BCUT2D eigenvalue weighted by molar-refractivity contribution is 14.1. The van der Waals surface area contributed by atoms with E-state index in [4.69, 9.17) is 5.11 Å². The normalized spacial score (nSPS) is 11.8. The zero-order chi connectivity index (χ0) is 15.4. The molecule has 110 valence electrons. The largest absolute Gasteiger partial charge is 0.481 e. The molecule has 0 aliphatic heterocycles. The molecule has 0 saturated heterocycles. The molecule has 2 amide bonds. The van der Waals surface area contributed by atoms with Crippen LogP contribution >= 0.6 is 22.6 Å². The summed E-state index contributed by atoms with van der Waals surface area (Å²) in [6.45, 7) is 1.44. The second-order valence-electron chi connectivity index (χ2n) is 4.30. The van der Waals surface area contributed by atoms with Gasteiger partial charge in [0.1, 0.15) is 11.6 Å². The number of hydrogen-bond acceptors (Lipinski definition) is 2. The molecule has 0 bridgehead atoms. The van der Waals surface area contributed by atoms with E-state index in [-0.39, 0.29) is 15.8 Å². The number of carboxylic acids is 1. The van der Waals surface area contributed by atoms with Crippen LogP contribution in [0, 0.1) is 21.1 Å². The van der Waals surface area contributed by atoms with Crippen molar-refractivity contribution in [2.45, 2.75) is 6.92 Å². The van der Waals surface area contributed by atoms with Gasteiger partial charge in [0.15, 0.2) is 0 Å². The fraction of sp³-hybridized carbons (Fsp3) is 0.333. The van der Waals surface area contributed by atoms with Gasteiger partial charge in [-0.2, -0.15) is 0 Å². The van der Waals surface area contributed by atoms with Gasteiger partial charge in [-0.25, -0.2) is 13.6 Å². The van der Waals surface area contributed by atoms with E-state index in [2.05, 4.69) is 5.32 Å². The standard InChI is InChI=1S/C12H13F2IN2O3/c1-6(11(18)19)5-17(2)12(20)16-7-3-8(13)10(15)9(14)4-7/h3-4,6H,5H2,1-2H3,(H,16,20)(H,18,19). The number of carboxylic acid groups (broad SMARTS) is 1. The van der Waals surface area contributed by atoms with Gasteiger partial charge in [-0.3, -0.25) is 4.79 Å². The molecule has 0 aromatic heterocycles. The van der Waals surface area contributed by atoms with E-state index in [1.807, 2.05) is 0 Å². The Morgan fingerprint density at radius 3 is 2.35 bits per heavy atom. The molecule has 20 heavy (non-hydrogen) atoms. The number of carbonyl (C=O) groups is 2. The first kappa shape index (κ1) is 16.6. The number of aliphatic carboxylic acids is 1. The lowest BCUT2D eigenvalue weighted by atomic mass is 10.2. The van der Waals surface area contributed by atoms with E-state index in [0.29, 0.717) is 0 Å². The first-order valence-electron chi connectivity index (χ1n) is 5.61. The van der Waals surface area contributed by atoms with Gasteiger partial charge in [-0.15, -0.1) is 0 Å². The average Bonchev–Trinajstić information content (AvgIpc) is 2.35. The molecule has 0 saturated carbocycles. The molecule has 0 aliphatic rings. The van der Waals surface area contributed by atoms with Gasteiger partial charge in [-0.05, 0) is 34.7 Å². The summed E-state index contributed by atoms with van der Waals surface area (Å²) in [5.74, 6) is -3.32. The summed E-state index contributed by atoms with van der Waals surface area (Å²) < 4.78 is 26.5. The molecule has 1 aromatic carbocycles. The lowest BCUT2D eigenvalue weighted by Gasteiger charge is -2.20. The molecule has 5 nitrogen and oxygen atoms in total. The van der Waals surface area contributed by atoms with Crippen molar-refractivity contribution in [2.75, 3.05) is 18.9 Å². The molecule has 1 unspecified atom stereocenters. The summed E-state index contributed by atoms with van der Waals surface area (Å²) in [4.78, 5) is 23.6. The van der Waals surface area contributed by atoms with E-state index >= 15 is 0 Å². The van der Waals surface area contributed by atoms with Gasteiger partial charge in [0.05, 0.1) is 9.49 Å². The van der Waals surface area contributed by atoms with Crippen molar-refractivity contribution in [3.63, 3.8) is 0 Å². The minimum Gasteiger partial charge on any atom is -0.481 e. The minimum absolute atomic E-state index is 0.0174. The fourth-order valence-electron chi connectivity index (χ4n) is 1.42. The number of benzene rings is 1. The maximum Gasteiger partial charge on any atom is 0.321 e. The van der Waals surface area contributed by atoms with Crippen LogP contribution in [-0.2, 0) is 4.79 Å². The third-order valence-corrected chi connectivity index (χ3v) is 3.58. The number of hydrogen-bond donors (Lipinski definition) is 2. The van der Waals surface area contributed by atoms with E-state index in [1.165, 1.54) is 36.6 Å². The van der Waals surface area contributed by atoms with Crippen molar-refractivity contribution in [3.05, 3.63) is 27.3 Å². The number of nitrogens with zero attached hydrogens (tertiary/aromatic N) is 1. The zero-order valence-electron chi connectivity index (χ0n) is 10.8. The summed E-state index contributed by atoms with van der Waals surface area (Å²) in [6, 6.07) is 1.35. The zero-order valence-corrected chi connectivity index (χ0v) is 12.9. The van der Waals surface area contributed by atoms with Gasteiger partial charge in [0.2, 0.25) is 0 Å². The quantitative estimate of drug-likeness (QED) is 0.606. The number of halogens is 3. The maximum absolute atomic E-state index is 13.3. The van der Waals surface area contributed by atoms with Crippen LogP contribution in [-0.4, -0.2) is 35.6 Å². The van der Waals surface area contributed by atoms with Crippen LogP contribution in [0.1, 0.15) is 6.92 Å². The molecule has 0 heterocycles. The van der Waals surface area contributed by atoms with E-state index in [0.717, 1.165) is 17.0 Å². The van der Waals surface area contributed by atoms with Gasteiger partial charge < -0.3 is 15.3 Å². The lowest BCUT2D eigenvalue weighted by molar-refractivity contribution is -0.141. The summed E-state index contributed by atoms with van der Waals surface area (Å²) in [5.41, 5.74) is -0.0276. The second kappa shape index (κ2) is 6.82. The van der Waals surface area contributed by atoms with Crippen LogP contribution in [0.15, 0.2) is 12.1 Å². The predicted octanol–water partition coefficient (Wildman–Crippen LogP) is 2.75. The molecule has 1 aromatic rings. The fourth-order valence-corrected chi connectivity index (χ4v) is 1.73. The minimum atomic E-state index is -1.03. The highest BCUT2D eigenvalue weighted by atomic mass is 127. The Kier molecular flexibility index (Phi) is 5.66. The van der Waals surface area contributed by atoms with Crippen LogP contribution in [0.25, 0.3) is 0 Å². The van der Waals surface area contributed by atoms with Crippen molar-refractivity contribution in [2.24, 2.45) is 5.92 Å². The highest BCUT2D eigenvalue weighted by Gasteiger charge is 2.18. The van der Waals surface area contributed by atoms with Gasteiger partial charge in [0, 0.05) is 19.3 Å². The van der Waals surface area contributed by atoms with Crippen molar-refractivity contribution in [3.8, 4) is 0 Å². The molecule has 2 N–H and O–H groups in total. The third kappa shape index (κ3) is 4.29. The lowest BCUT2D eigenvalue weighted by Crippen LogP contribution is -2.36. The molecule has 1 rings (SSSR count). The molecule has 0 radical (unpaired) electrons. The van der Waals surface area contributed by atoms with Crippen LogP contribution in [0.4, 0.5) is 19.3 Å². The number of rotatable bonds is 4. The number of amides is 2. The molecule has 1 atom stereocenters. The Morgan fingerprint density at radius 1 is 1.40 bits per heavy atom. The molecular weight excluding hydrogens is 385 g/mol. The van der Waals surface area contributed by atoms with E-state index in [9.17, 15) is 18.4 Å². The first-order valence-corrected chi connectivity index (χ1v) is 6.69. The molecule has 0 fully saturated rings. The van der Waals surface area contributed by atoms with Crippen molar-refractivity contribution < 1.29 is 23.5 Å². The van der Waals surface area contributed by atoms with E-state index in [1.54, 1.807) is 0 Å². The van der Waals surface area contributed by atoms with Gasteiger partial charge >= 0.3 is 12.0 Å². The Hall–Kier alpha value is -1.45. The van der Waals surface area contributed by atoms with Crippen LogP contribution in [0.2, 0.25) is 0 Å². The number of nitrogens with one attached hydrogen (secondary N) is 1. The number of carbonyl (C=O) groups excluding carboxylic acids is 1. The van der Waals surface area contributed by atoms with E-state index < -0.39 is 29.6 Å². The topological polar surface area (TPSA) is 69.6 Å². The number of urea groups is 1. The van der Waals surface area contributed by atoms with Crippen LogP contribution in [0.5, 0.6) is 0 Å². The van der Waals surface area contributed by atoms with Crippen LogP contribution < -0.4 is 5.32 Å². The van der Waals surface area contributed by atoms with Crippen molar-refractivity contribution in [1.82, 2.24) is 4.90 Å².